The summed E-state index contributed by atoms with van der Waals surface area (Å²) in [6, 6.07) is 3.51. The Labute approximate surface area is 137 Å². The number of aliphatic carboxylic acids is 1. The van der Waals surface area contributed by atoms with Crippen LogP contribution in [0.4, 0.5) is 5.69 Å². The number of aryl methyl sites for hydroxylation is 1. The molecular weight excluding hydrogens is 310 g/mol. The molecule has 3 aromatic rings. The number of pyridine rings is 1. The molecule has 3 N–H and O–H groups in total. The maximum atomic E-state index is 11.1. The molecule has 0 saturated carbocycles. The highest BCUT2D eigenvalue weighted by Crippen LogP contribution is 2.40. The zero-order valence-corrected chi connectivity index (χ0v) is 13.1. The van der Waals surface area contributed by atoms with E-state index in [1.54, 1.807) is 12.3 Å². The van der Waals surface area contributed by atoms with Crippen molar-refractivity contribution in [3.8, 4) is 5.75 Å². The molecule has 3 rings (SSSR count). The van der Waals surface area contributed by atoms with Crippen LogP contribution in [0.1, 0.15) is 18.9 Å². The summed E-state index contributed by atoms with van der Waals surface area (Å²) in [6.07, 6.45) is 4.17. The topological polar surface area (TPSA) is 104 Å². The summed E-state index contributed by atoms with van der Waals surface area (Å²) in [5.74, 6) is -1.000. The number of aromatic hydroxyl groups is 1. The maximum Gasteiger partial charge on any atom is 0.307 e. The predicted molar refractivity (Wildman–Crippen MR) is 90.2 cm³/mol. The van der Waals surface area contributed by atoms with Crippen molar-refractivity contribution in [1.82, 2.24) is 9.55 Å². The molecule has 2 aromatic heterocycles. The van der Waals surface area contributed by atoms with E-state index in [1.807, 2.05) is 17.6 Å². The van der Waals surface area contributed by atoms with E-state index in [-0.39, 0.29) is 12.2 Å². The van der Waals surface area contributed by atoms with Crippen molar-refractivity contribution in [3.63, 3.8) is 0 Å². The number of carboxylic acids is 1. The first-order chi connectivity index (χ1) is 11.6. The number of rotatable bonds is 6. The Kier molecular flexibility index (Phi) is 4.07. The van der Waals surface area contributed by atoms with Gasteiger partial charge in [0.25, 0.3) is 0 Å². The molecule has 0 saturated heterocycles. The molecule has 1 amide bonds. The van der Waals surface area contributed by atoms with Gasteiger partial charge in [0, 0.05) is 11.9 Å². The van der Waals surface area contributed by atoms with E-state index in [0.29, 0.717) is 35.0 Å². The van der Waals surface area contributed by atoms with Crippen LogP contribution in [0, 0.1) is 0 Å². The van der Waals surface area contributed by atoms with Crippen molar-refractivity contribution in [2.75, 3.05) is 5.32 Å². The molecule has 7 heteroatoms. The normalized spacial score (nSPS) is 11.0. The fraction of sp³-hybridized carbons (Fsp3) is 0.235. The Morgan fingerprint density at radius 2 is 2.08 bits per heavy atom. The number of hydrogen-bond donors (Lipinski definition) is 3. The summed E-state index contributed by atoms with van der Waals surface area (Å²) in [7, 11) is 0. The Morgan fingerprint density at radius 3 is 2.75 bits per heavy atom. The minimum Gasteiger partial charge on any atom is -0.506 e. The third-order valence-electron chi connectivity index (χ3n) is 4.00. The van der Waals surface area contributed by atoms with Crippen LogP contribution in [0.25, 0.3) is 21.8 Å². The molecule has 24 heavy (non-hydrogen) atoms. The fourth-order valence-electron chi connectivity index (χ4n) is 3.14. The van der Waals surface area contributed by atoms with Gasteiger partial charge in [-0.2, -0.15) is 0 Å². The number of fused-ring (bicyclic) bond motifs is 3. The van der Waals surface area contributed by atoms with Crippen LogP contribution in [0.5, 0.6) is 5.75 Å². The van der Waals surface area contributed by atoms with E-state index in [0.717, 1.165) is 17.5 Å². The number of aromatic nitrogens is 2. The van der Waals surface area contributed by atoms with E-state index < -0.39 is 5.97 Å². The molecule has 124 valence electrons. The molecule has 2 heterocycles. The molecule has 0 atom stereocenters. The number of nitrogens with one attached hydrogen (secondary N) is 1. The Bertz CT molecular complexity index is 946. The second-order valence-corrected chi connectivity index (χ2v) is 5.53. The third kappa shape index (κ3) is 2.44. The average molecular weight is 327 g/mol. The standard InChI is InChI=1S/C17H17N3O4/c1-2-5-20-11-4-3-10(6-14(23)24)17(19-9-21)16(11)15-12(20)7-18-8-13(15)22/h3-4,7-9,22H,2,5-6H2,1H3,(H,19,21)(H,23,24). The van der Waals surface area contributed by atoms with Gasteiger partial charge in [-0.3, -0.25) is 14.6 Å². The summed E-state index contributed by atoms with van der Waals surface area (Å²) in [5, 5.41) is 23.2. The molecule has 0 unspecified atom stereocenters. The number of anilines is 1. The highest BCUT2D eigenvalue weighted by Gasteiger charge is 2.20. The van der Waals surface area contributed by atoms with Crippen LogP contribution in [0.3, 0.4) is 0 Å². The molecule has 0 aliphatic rings. The zero-order valence-electron chi connectivity index (χ0n) is 13.1. The number of hydrogen-bond acceptors (Lipinski definition) is 4. The quantitative estimate of drug-likeness (QED) is 0.603. The minimum atomic E-state index is -0.994. The van der Waals surface area contributed by atoms with Gasteiger partial charge >= 0.3 is 5.97 Å². The van der Waals surface area contributed by atoms with E-state index in [2.05, 4.69) is 10.3 Å². The molecule has 7 nitrogen and oxygen atoms in total. The Hall–Kier alpha value is -3.09. The minimum absolute atomic E-state index is 0.00576. The van der Waals surface area contributed by atoms with Crippen LogP contribution in [0.15, 0.2) is 24.5 Å². The smallest absolute Gasteiger partial charge is 0.307 e. The number of benzene rings is 1. The van der Waals surface area contributed by atoms with Crippen molar-refractivity contribution in [1.29, 1.82) is 0 Å². The zero-order chi connectivity index (χ0) is 17.3. The van der Waals surface area contributed by atoms with Gasteiger partial charge < -0.3 is 20.1 Å². The molecular formula is C17H17N3O4. The van der Waals surface area contributed by atoms with E-state index >= 15 is 0 Å². The van der Waals surface area contributed by atoms with Crippen molar-refractivity contribution in [2.24, 2.45) is 0 Å². The van der Waals surface area contributed by atoms with Gasteiger partial charge in [0.2, 0.25) is 6.41 Å². The van der Waals surface area contributed by atoms with E-state index in [1.165, 1.54) is 6.20 Å². The lowest BCUT2D eigenvalue weighted by Crippen LogP contribution is -2.06. The summed E-state index contributed by atoms with van der Waals surface area (Å²) in [5.41, 5.74) is 2.45. The first kappa shape index (κ1) is 15.8. The lowest BCUT2D eigenvalue weighted by molar-refractivity contribution is -0.136. The number of amides is 1. The highest BCUT2D eigenvalue weighted by molar-refractivity contribution is 6.18. The van der Waals surface area contributed by atoms with Gasteiger partial charge in [0.05, 0.1) is 40.9 Å². The van der Waals surface area contributed by atoms with Crippen LogP contribution < -0.4 is 5.32 Å². The molecule has 0 aliphatic carbocycles. The predicted octanol–water partition coefficient (Wildman–Crippen LogP) is 2.50. The monoisotopic (exact) mass is 327 g/mol. The number of nitrogens with zero attached hydrogens (tertiary/aromatic N) is 2. The molecule has 0 fully saturated rings. The van der Waals surface area contributed by atoms with Gasteiger partial charge in [0.15, 0.2) is 0 Å². The molecule has 0 bridgehead atoms. The van der Waals surface area contributed by atoms with Crippen LogP contribution in [-0.2, 0) is 22.6 Å². The van der Waals surface area contributed by atoms with Crippen LogP contribution in [-0.4, -0.2) is 32.1 Å². The van der Waals surface area contributed by atoms with Gasteiger partial charge in [-0.15, -0.1) is 0 Å². The van der Waals surface area contributed by atoms with Crippen molar-refractivity contribution in [2.45, 2.75) is 26.3 Å². The molecule has 0 aliphatic heterocycles. The summed E-state index contributed by atoms with van der Waals surface area (Å²) in [6.45, 7) is 2.75. The van der Waals surface area contributed by atoms with Gasteiger partial charge in [-0.1, -0.05) is 13.0 Å². The van der Waals surface area contributed by atoms with Crippen LogP contribution in [0.2, 0.25) is 0 Å². The molecule has 0 spiro atoms. The lowest BCUT2D eigenvalue weighted by Gasteiger charge is -2.10. The van der Waals surface area contributed by atoms with Crippen molar-refractivity contribution < 1.29 is 19.8 Å². The number of carbonyl (C=O) groups excluding carboxylic acids is 1. The summed E-state index contributed by atoms with van der Waals surface area (Å²) < 4.78 is 2.01. The Morgan fingerprint density at radius 1 is 1.29 bits per heavy atom. The third-order valence-corrected chi connectivity index (χ3v) is 4.00. The molecule has 1 aromatic carbocycles. The second kappa shape index (κ2) is 6.19. The van der Waals surface area contributed by atoms with Crippen LogP contribution >= 0.6 is 0 Å². The Balaban J connectivity index is 2.47. The van der Waals surface area contributed by atoms with Gasteiger partial charge in [0.1, 0.15) is 5.75 Å². The number of carbonyl (C=O) groups is 2. The van der Waals surface area contributed by atoms with Crippen molar-refractivity contribution in [3.05, 3.63) is 30.1 Å². The second-order valence-electron chi connectivity index (χ2n) is 5.53. The SMILES string of the molecule is CCCn1c2cncc(O)c2c2c(NC=O)c(CC(=O)O)ccc21. The van der Waals surface area contributed by atoms with E-state index in [9.17, 15) is 14.7 Å². The summed E-state index contributed by atoms with van der Waals surface area (Å²) in [4.78, 5) is 26.2. The largest absolute Gasteiger partial charge is 0.506 e. The first-order valence-corrected chi connectivity index (χ1v) is 7.61. The lowest BCUT2D eigenvalue weighted by atomic mass is 10.0. The van der Waals surface area contributed by atoms with E-state index in [4.69, 9.17) is 5.11 Å². The average Bonchev–Trinajstić information content (AvgIpc) is 2.85. The highest BCUT2D eigenvalue weighted by atomic mass is 16.4. The first-order valence-electron chi connectivity index (χ1n) is 7.61. The van der Waals surface area contributed by atoms with Gasteiger partial charge in [-0.25, -0.2) is 0 Å². The summed E-state index contributed by atoms with van der Waals surface area (Å²) >= 11 is 0. The number of carboxylic acid groups (broad SMARTS) is 1. The molecule has 0 radical (unpaired) electrons. The van der Waals surface area contributed by atoms with Crippen molar-refractivity contribution >= 4 is 39.9 Å². The fourth-order valence-corrected chi connectivity index (χ4v) is 3.14. The maximum absolute atomic E-state index is 11.1. The van der Waals surface area contributed by atoms with Gasteiger partial charge in [-0.05, 0) is 18.1 Å².